The first kappa shape index (κ1) is 44.3. The predicted molar refractivity (Wildman–Crippen MR) is 308 cm³/mol. The van der Waals surface area contributed by atoms with Crippen molar-refractivity contribution in [2.75, 3.05) is 14.7 Å². The Labute approximate surface area is 428 Å². The molecule has 2 aliphatic rings. The van der Waals surface area contributed by atoms with Gasteiger partial charge in [0.15, 0.2) is 5.58 Å². The summed E-state index contributed by atoms with van der Waals surface area (Å²) >= 11 is 0. The Bertz CT molecular complexity index is 3870. The van der Waals surface area contributed by atoms with Crippen LogP contribution in [0.4, 0.5) is 51.4 Å². The highest BCUT2D eigenvalue weighted by Gasteiger charge is 2.46. The standard InChI is InChI=1S/C67H55BN4O/c1-66(2,3)48-32-36-51(37-33-48)70(50-23-14-9-15-24-50)62-40-38-55-65(69-62)72(58-27-18-26-54-53-25-16-17-28-61(53)73-64(54)58)60-43-49(67(4,5)6)42-59-63(60)68(55)56-41-47(45-21-12-8-13-22-45)31-39-57(56)71(59)52-34-29-46(30-35-52)44-19-10-7-11-20-44/h7-43H,1-6H3. The zero-order valence-electron chi connectivity index (χ0n) is 42.1. The van der Waals surface area contributed by atoms with E-state index in [1.807, 2.05) is 0 Å². The first-order valence-electron chi connectivity index (χ1n) is 25.5. The number of nitrogens with zero attached hydrogens (tertiary/aromatic N) is 4. The Morgan fingerprint density at radius 3 is 1.68 bits per heavy atom. The largest absolute Gasteiger partial charge is 0.454 e. The number of hydrogen-bond donors (Lipinski definition) is 0. The van der Waals surface area contributed by atoms with Crippen molar-refractivity contribution >= 4 is 96.5 Å². The van der Waals surface area contributed by atoms with Crippen molar-refractivity contribution in [1.82, 2.24) is 4.98 Å². The average molecular weight is 943 g/mol. The first-order valence-corrected chi connectivity index (χ1v) is 25.5. The van der Waals surface area contributed by atoms with Crippen molar-refractivity contribution < 1.29 is 4.42 Å². The van der Waals surface area contributed by atoms with Crippen molar-refractivity contribution in [2.24, 2.45) is 0 Å². The summed E-state index contributed by atoms with van der Waals surface area (Å²) in [5, 5.41) is 2.15. The monoisotopic (exact) mass is 942 g/mol. The first-order chi connectivity index (χ1) is 35.5. The van der Waals surface area contributed by atoms with Gasteiger partial charge in [0.1, 0.15) is 17.2 Å². The summed E-state index contributed by atoms with van der Waals surface area (Å²) in [7, 11) is 0. The number of para-hydroxylation sites is 3. The number of anilines is 9. The molecule has 9 aromatic carbocycles. The number of furan rings is 1. The van der Waals surface area contributed by atoms with E-state index in [9.17, 15) is 0 Å². The molecule has 0 bridgehead atoms. The third kappa shape index (κ3) is 7.51. The fourth-order valence-electron chi connectivity index (χ4n) is 11.2. The maximum Gasteiger partial charge on any atom is 0.254 e. The molecule has 13 rings (SSSR count). The molecule has 4 heterocycles. The summed E-state index contributed by atoms with van der Waals surface area (Å²) in [6, 6.07) is 81.6. The van der Waals surface area contributed by atoms with E-state index in [0.29, 0.717) is 0 Å². The van der Waals surface area contributed by atoms with Crippen molar-refractivity contribution in [2.45, 2.75) is 52.4 Å². The SMILES string of the molecule is CC(C)(C)c1ccc(N(c2ccccc2)c2ccc3c(n2)N(c2cccc4c2oc2ccccc24)c2cc(C(C)(C)C)cc4c2B3c2cc(-c3ccccc3)ccc2N4c2ccc(-c3ccccc3)cc2)cc1. The van der Waals surface area contributed by atoms with Crippen LogP contribution in [0.5, 0.6) is 0 Å². The van der Waals surface area contributed by atoms with Gasteiger partial charge in [-0.05, 0) is 133 Å². The molecular weight excluding hydrogens is 888 g/mol. The normalized spacial score (nSPS) is 13.0. The molecule has 6 heteroatoms. The average Bonchev–Trinajstić information content (AvgIpc) is 3.80. The summed E-state index contributed by atoms with van der Waals surface area (Å²) in [5.41, 5.74) is 19.8. The zero-order valence-corrected chi connectivity index (χ0v) is 42.1. The Morgan fingerprint density at radius 2 is 1.00 bits per heavy atom. The molecule has 2 aliphatic heterocycles. The van der Waals surface area contributed by atoms with Crippen LogP contribution in [0.15, 0.2) is 229 Å². The van der Waals surface area contributed by atoms with E-state index >= 15 is 0 Å². The van der Waals surface area contributed by atoms with E-state index < -0.39 is 0 Å². The van der Waals surface area contributed by atoms with Gasteiger partial charge in [0, 0.05) is 44.9 Å². The number of hydrogen-bond acceptors (Lipinski definition) is 5. The van der Waals surface area contributed by atoms with E-state index in [0.717, 1.165) is 78.8 Å². The van der Waals surface area contributed by atoms with Gasteiger partial charge in [0.05, 0.1) is 5.69 Å². The van der Waals surface area contributed by atoms with E-state index in [-0.39, 0.29) is 17.5 Å². The molecule has 73 heavy (non-hydrogen) atoms. The lowest BCUT2D eigenvalue weighted by molar-refractivity contribution is 0.590. The summed E-state index contributed by atoms with van der Waals surface area (Å²) < 4.78 is 6.99. The maximum absolute atomic E-state index is 6.99. The van der Waals surface area contributed by atoms with Crippen LogP contribution >= 0.6 is 0 Å². The summed E-state index contributed by atoms with van der Waals surface area (Å²) in [4.78, 5) is 13.2. The van der Waals surface area contributed by atoms with Crippen LogP contribution in [0, 0.1) is 0 Å². The van der Waals surface area contributed by atoms with Crippen molar-refractivity contribution in [3.63, 3.8) is 0 Å². The van der Waals surface area contributed by atoms with Crippen molar-refractivity contribution in [3.05, 3.63) is 236 Å². The molecule has 0 amide bonds. The summed E-state index contributed by atoms with van der Waals surface area (Å²) in [6.45, 7) is 13.6. The highest BCUT2D eigenvalue weighted by atomic mass is 16.3. The van der Waals surface area contributed by atoms with Gasteiger partial charge in [-0.25, -0.2) is 4.98 Å². The van der Waals surface area contributed by atoms with E-state index in [2.05, 4.69) is 281 Å². The Morgan fingerprint density at radius 1 is 0.425 bits per heavy atom. The minimum absolute atomic E-state index is 0.00830. The van der Waals surface area contributed by atoms with Crippen LogP contribution in [0.3, 0.4) is 0 Å². The quantitative estimate of drug-likeness (QED) is 0.149. The lowest BCUT2D eigenvalue weighted by atomic mass is 9.33. The molecule has 0 saturated carbocycles. The van der Waals surface area contributed by atoms with Crippen molar-refractivity contribution in [3.8, 4) is 22.3 Å². The topological polar surface area (TPSA) is 35.8 Å². The highest BCUT2D eigenvalue weighted by molar-refractivity contribution is 7.00. The highest BCUT2D eigenvalue weighted by Crippen LogP contribution is 2.49. The second-order valence-electron chi connectivity index (χ2n) is 21.6. The molecule has 2 aromatic heterocycles. The summed E-state index contributed by atoms with van der Waals surface area (Å²) in [5.74, 6) is 1.68. The van der Waals surface area contributed by atoms with Gasteiger partial charge in [-0.3, -0.25) is 9.80 Å². The molecule has 0 N–H and O–H groups in total. The van der Waals surface area contributed by atoms with Gasteiger partial charge in [0.25, 0.3) is 6.71 Å². The lowest BCUT2D eigenvalue weighted by Crippen LogP contribution is -2.61. The van der Waals surface area contributed by atoms with E-state index in [1.54, 1.807) is 0 Å². The number of benzene rings is 9. The maximum atomic E-state index is 6.99. The molecule has 0 spiro atoms. The number of rotatable bonds is 7. The Kier molecular flexibility index (Phi) is 10.3. The number of aromatic nitrogens is 1. The molecule has 0 saturated heterocycles. The predicted octanol–water partition coefficient (Wildman–Crippen LogP) is 16.5. The fraction of sp³-hybridized carbons (Fsp3) is 0.119. The molecule has 0 unspecified atom stereocenters. The van der Waals surface area contributed by atoms with Gasteiger partial charge < -0.3 is 9.32 Å². The molecule has 0 fully saturated rings. The molecule has 0 radical (unpaired) electrons. The number of fused-ring (bicyclic) bond motifs is 7. The third-order valence-corrected chi connectivity index (χ3v) is 15.0. The second kappa shape index (κ2) is 17.0. The number of pyridine rings is 1. The van der Waals surface area contributed by atoms with Gasteiger partial charge >= 0.3 is 0 Å². The molecule has 0 atom stereocenters. The molecular formula is C67H55BN4O. The minimum Gasteiger partial charge on any atom is -0.454 e. The van der Waals surface area contributed by atoms with Crippen LogP contribution in [0.25, 0.3) is 44.2 Å². The van der Waals surface area contributed by atoms with Crippen LogP contribution in [-0.2, 0) is 10.8 Å². The van der Waals surface area contributed by atoms with Crippen LogP contribution in [0.1, 0.15) is 52.7 Å². The van der Waals surface area contributed by atoms with Crippen LogP contribution in [-0.4, -0.2) is 11.7 Å². The Hall–Kier alpha value is -8.61. The lowest BCUT2D eigenvalue weighted by Gasteiger charge is -2.44. The fourth-order valence-corrected chi connectivity index (χ4v) is 11.2. The molecule has 11 aromatic rings. The third-order valence-electron chi connectivity index (χ3n) is 15.0. The zero-order chi connectivity index (χ0) is 49.6. The molecule has 0 aliphatic carbocycles. The smallest absolute Gasteiger partial charge is 0.254 e. The van der Waals surface area contributed by atoms with E-state index in [1.165, 1.54) is 44.3 Å². The van der Waals surface area contributed by atoms with Gasteiger partial charge in [-0.15, -0.1) is 0 Å². The molecule has 352 valence electrons. The summed E-state index contributed by atoms with van der Waals surface area (Å²) in [6.07, 6.45) is 0. The van der Waals surface area contributed by atoms with Gasteiger partial charge in [0.2, 0.25) is 0 Å². The Balaban J connectivity index is 1.12. The second-order valence-corrected chi connectivity index (χ2v) is 21.6. The van der Waals surface area contributed by atoms with Crippen LogP contribution in [0.2, 0.25) is 0 Å². The van der Waals surface area contributed by atoms with Gasteiger partial charge in [-0.1, -0.05) is 193 Å². The van der Waals surface area contributed by atoms with E-state index in [4.69, 9.17) is 9.40 Å². The van der Waals surface area contributed by atoms with Gasteiger partial charge in [-0.2, -0.15) is 0 Å². The van der Waals surface area contributed by atoms with Crippen molar-refractivity contribution in [1.29, 1.82) is 0 Å². The minimum atomic E-state index is -0.211. The van der Waals surface area contributed by atoms with Crippen LogP contribution < -0.4 is 31.1 Å². The molecule has 5 nitrogen and oxygen atoms in total.